The maximum atomic E-state index is 12.8. The van der Waals surface area contributed by atoms with Crippen molar-refractivity contribution in [3.8, 4) is 11.3 Å². The Kier molecular flexibility index (Phi) is 5.46. The molecular formula is C19H13BrN6O3S. The summed E-state index contributed by atoms with van der Waals surface area (Å²) < 4.78 is 0.771. The molecule has 0 fully saturated rings. The first-order valence-electron chi connectivity index (χ1n) is 8.69. The van der Waals surface area contributed by atoms with Crippen LogP contribution in [0, 0.1) is 10.1 Å². The predicted octanol–water partition coefficient (Wildman–Crippen LogP) is 5.36. The second kappa shape index (κ2) is 8.20. The number of nitro groups is 1. The lowest BCUT2D eigenvalue weighted by molar-refractivity contribution is -0.384. The summed E-state index contributed by atoms with van der Waals surface area (Å²) in [6.07, 6.45) is 0. The number of nitrogens with zero attached hydrogens (tertiary/aromatic N) is 6. The number of amides is 1. The molecule has 0 bridgehead atoms. The zero-order valence-corrected chi connectivity index (χ0v) is 17.9. The van der Waals surface area contributed by atoms with Crippen molar-refractivity contribution in [3.63, 3.8) is 0 Å². The molecule has 0 N–H and O–H groups in total. The van der Waals surface area contributed by atoms with Crippen molar-refractivity contribution in [1.29, 1.82) is 0 Å². The summed E-state index contributed by atoms with van der Waals surface area (Å²) in [5, 5.41) is 26.9. The fraction of sp³-hybridized carbons (Fsp3) is 0.105. The van der Waals surface area contributed by atoms with E-state index in [9.17, 15) is 14.9 Å². The van der Waals surface area contributed by atoms with Crippen molar-refractivity contribution in [3.05, 3.63) is 68.5 Å². The molecule has 0 radical (unpaired) electrons. The van der Waals surface area contributed by atoms with Crippen LogP contribution in [0.4, 0.5) is 16.5 Å². The first-order valence-corrected chi connectivity index (χ1v) is 10.4. The number of anilines is 1. The molecule has 0 aliphatic carbocycles. The zero-order chi connectivity index (χ0) is 21.3. The molecule has 2 heterocycles. The topological polar surface area (TPSA) is 113 Å². The van der Waals surface area contributed by atoms with E-state index in [-0.39, 0.29) is 11.6 Å². The van der Waals surface area contributed by atoms with Gasteiger partial charge in [0.25, 0.3) is 11.6 Å². The van der Waals surface area contributed by atoms with Gasteiger partial charge < -0.3 is 0 Å². The van der Waals surface area contributed by atoms with Crippen LogP contribution in [-0.2, 0) is 4.79 Å². The minimum absolute atomic E-state index is 0.0271. The molecule has 3 aromatic rings. The average molecular weight is 485 g/mol. The molecule has 0 unspecified atom stereocenters. The molecule has 1 aromatic heterocycles. The summed E-state index contributed by atoms with van der Waals surface area (Å²) in [5.74, 6) is -0.358. The van der Waals surface area contributed by atoms with E-state index in [0.717, 1.165) is 4.47 Å². The molecular weight excluding hydrogens is 472 g/mol. The molecule has 0 spiro atoms. The van der Waals surface area contributed by atoms with Gasteiger partial charge in [0.2, 0.25) is 5.13 Å². The number of thiazole rings is 1. The highest BCUT2D eigenvalue weighted by molar-refractivity contribution is 9.10. The van der Waals surface area contributed by atoms with Crippen LogP contribution in [0.25, 0.3) is 11.3 Å². The first kappa shape index (κ1) is 20.0. The van der Waals surface area contributed by atoms with Crippen molar-refractivity contribution in [1.82, 2.24) is 4.98 Å². The lowest BCUT2D eigenvalue weighted by Crippen LogP contribution is -2.29. The third-order valence-electron chi connectivity index (χ3n) is 4.26. The number of carbonyl (C=O) groups is 1. The number of aromatic nitrogens is 1. The van der Waals surface area contributed by atoms with Gasteiger partial charge in [-0.3, -0.25) is 14.9 Å². The number of azo groups is 1. The highest BCUT2D eigenvalue weighted by atomic mass is 79.9. The molecule has 1 aliphatic rings. The van der Waals surface area contributed by atoms with E-state index < -0.39 is 11.0 Å². The van der Waals surface area contributed by atoms with E-state index >= 15 is 0 Å². The highest BCUT2D eigenvalue weighted by Crippen LogP contribution is 2.32. The maximum absolute atomic E-state index is 12.8. The molecule has 9 nitrogen and oxygen atoms in total. The molecule has 30 heavy (non-hydrogen) atoms. The van der Waals surface area contributed by atoms with Gasteiger partial charge in [-0.05, 0) is 35.0 Å². The van der Waals surface area contributed by atoms with Crippen LogP contribution < -0.4 is 5.01 Å². The van der Waals surface area contributed by atoms with Gasteiger partial charge in [-0.25, -0.2) is 4.98 Å². The van der Waals surface area contributed by atoms with E-state index in [1.807, 2.05) is 18.2 Å². The lowest BCUT2D eigenvalue weighted by Gasteiger charge is -2.08. The number of benzene rings is 2. The quantitative estimate of drug-likeness (QED) is 0.275. The van der Waals surface area contributed by atoms with E-state index in [0.29, 0.717) is 27.8 Å². The van der Waals surface area contributed by atoms with Crippen molar-refractivity contribution < 1.29 is 9.72 Å². The summed E-state index contributed by atoms with van der Waals surface area (Å²) in [7, 11) is 0. The van der Waals surface area contributed by atoms with Gasteiger partial charge in [-0.2, -0.15) is 20.3 Å². The van der Waals surface area contributed by atoms with Crippen molar-refractivity contribution in [2.75, 3.05) is 5.01 Å². The van der Waals surface area contributed by atoms with E-state index in [1.165, 1.54) is 28.5 Å². The molecule has 1 amide bonds. The van der Waals surface area contributed by atoms with Crippen LogP contribution in [0.2, 0.25) is 0 Å². The van der Waals surface area contributed by atoms with Crippen molar-refractivity contribution in [2.45, 2.75) is 13.0 Å². The van der Waals surface area contributed by atoms with Crippen LogP contribution in [0.3, 0.4) is 0 Å². The molecule has 4 rings (SSSR count). The van der Waals surface area contributed by atoms with Crippen LogP contribution in [0.1, 0.15) is 6.92 Å². The number of hydrogen-bond donors (Lipinski definition) is 0. The largest absolute Gasteiger partial charge is 0.282 e. The Morgan fingerprint density at radius 1 is 1.23 bits per heavy atom. The number of non-ortho nitro benzene ring substituents is 1. The lowest BCUT2D eigenvalue weighted by atomic mass is 10.1. The first-order chi connectivity index (χ1) is 14.4. The summed E-state index contributed by atoms with van der Waals surface area (Å²) in [5.41, 5.74) is 2.20. The van der Waals surface area contributed by atoms with Gasteiger partial charge in [-0.1, -0.05) is 24.3 Å². The Balaban J connectivity index is 1.56. The number of rotatable bonds is 5. The molecule has 0 saturated carbocycles. The molecule has 1 aliphatic heterocycles. The molecule has 2 aromatic carbocycles. The zero-order valence-electron chi connectivity index (χ0n) is 15.5. The highest BCUT2D eigenvalue weighted by Gasteiger charge is 2.36. The van der Waals surface area contributed by atoms with Gasteiger partial charge in [0.1, 0.15) is 0 Å². The van der Waals surface area contributed by atoms with Crippen LogP contribution in [0.5, 0.6) is 0 Å². The van der Waals surface area contributed by atoms with E-state index in [2.05, 4.69) is 36.2 Å². The molecule has 0 saturated heterocycles. The van der Waals surface area contributed by atoms with Gasteiger partial charge in [0.15, 0.2) is 6.04 Å². The maximum Gasteiger partial charge on any atom is 0.282 e. The van der Waals surface area contributed by atoms with Gasteiger partial charge in [-0.15, -0.1) is 11.3 Å². The fourth-order valence-electron chi connectivity index (χ4n) is 2.75. The Morgan fingerprint density at radius 3 is 2.80 bits per heavy atom. The van der Waals surface area contributed by atoms with Crippen molar-refractivity contribution >= 4 is 55.4 Å². The Hall–Kier alpha value is -3.31. The van der Waals surface area contributed by atoms with Gasteiger partial charge >= 0.3 is 0 Å². The average Bonchev–Trinajstić information content (AvgIpc) is 3.33. The Bertz CT molecular complexity index is 1210. The van der Waals surface area contributed by atoms with Crippen LogP contribution >= 0.6 is 27.3 Å². The van der Waals surface area contributed by atoms with Gasteiger partial charge in [0.05, 0.1) is 22.0 Å². The summed E-state index contributed by atoms with van der Waals surface area (Å²) in [6, 6.07) is 12.6. The monoisotopic (exact) mass is 484 g/mol. The minimum atomic E-state index is -0.831. The Morgan fingerprint density at radius 2 is 2.03 bits per heavy atom. The summed E-state index contributed by atoms with van der Waals surface area (Å²) in [6.45, 7) is 1.71. The fourth-order valence-corrected chi connectivity index (χ4v) is 3.90. The minimum Gasteiger partial charge on any atom is -0.269 e. The van der Waals surface area contributed by atoms with Gasteiger partial charge in [0, 0.05) is 27.5 Å². The number of carbonyl (C=O) groups excluding carboxylic acids is 1. The number of nitro benzene ring substituents is 1. The van der Waals surface area contributed by atoms with E-state index in [4.69, 9.17) is 0 Å². The van der Waals surface area contributed by atoms with Crippen LogP contribution in [0.15, 0.2) is 73.7 Å². The Labute approximate surface area is 183 Å². The van der Waals surface area contributed by atoms with E-state index in [1.54, 1.807) is 30.5 Å². The standard InChI is InChI=1S/C19H13BrN6O3S/c1-11-17(23-22-15-8-3-2-7-14(15)20)18(27)25(24-11)19-21-16(10-30-19)12-5-4-6-13(9-12)26(28)29/h2-10,17H,1H3/t17-/m0/s1. The van der Waals surface area contributed by atoms with Crippen LogP contribution in [-0.4, -0.2) is 27.6 Å². The summed E-state index contributed by atoms with van der Waals surface area (Å²) in [4.78, 5) is 27.8. The third-order valence-corrected chi connectivity index (χ3v) is 5.74. The number of hydrazone groups is 1. The van der Waals surface area contributed by atoms with Crippen molar-refractivity contribution in [2.24, 2.45) is 15.3 Å². The predicted molar refractivity (Wildman–Crippen MR) is 117 cm³/mol. The molecule has 1 atom stereocenters. The molecule has 150 valence electrons. The second-order valence-electron chi connectivity index (χ2n) is 6.28. The number of hydrogen-bond acceptors (Lipinski definition) is 8. The smallest absolute Gasteiger partial charge is 0.269 e. The SMILES string of the molecule is CC1=NN(c2nc(-c3cccc([N+](=O)[O-])c3)cs2)C(=O)[C@H]1N=Nc1ccccc1Br. The third kappa shape index (κ3) is 3.89. The number of halogens is 1. The second-order valence-corrected chi connectivity index (χ2v) is 7.97. The summed E-state index contributed by atoms with van der Waals surface area (Å²) >= 11 is 4.61. The normalized spacial score (nSPS) is 16.3. The molecule has 11 heteroatoms.